The molecule has 2 saturated carbocycles. The lowest BCUT2D eigenvalue weighted by atomic mass is 9.47. The van der Waals surface area contributed by atoms with Crippen LogP contribution in [0.5, 0.6) is 0 Å². The van der Waals surface area contributed by atoms with Crippen LogP contribution in [0, 0.1) is 22.7 Å². The molecule has 0 aromatic rings. The van der Waals surface area contributed by atoms with E-state index < -0.39 is 52.5 Å². The van der Waals surface area contributed by atoms with E-state index in [1.54, 1.807) is 6.92 Å². The molecule has 0 radical (unpaired) electrons. The van der Waals surface area contributed by atoms with E-state index in [-0.39, 0.29) is 30.8 Å². The van der Waals surface area contributed by atoms with Crippen molar-refractivity contribution in [1.29, 1.82) is 0 Å². The van der Waals surface area contributed by atoms with Gasteiger partial charge in [-0.3, -0.25) is 19.2 Å². The van der Waals surface area contributed by atoms with Crippen molar-refractivity contribution in [2.75, 3.05) is 6.61 Å². The number of hydrogen-bond acceptors (Lipinski definition) is 8. The number of ether oxygens (including phenoxy) is 4. The van der Waals surface area contributed by atoms with Gasteiger partial charge in [0.05, 0.1) is 6.61 Å². The van der Waals surface area contributed by atoms with Crippen LogP contribution in [0.25, 0.3) is 0 Å². The average molecular weight is 477 g/mol. The summed E-state index contributed by atoms with van der Waals surface area (Å²) in [5, 5.41) is 0. The Kier molecular flexibility index (Phi) is 5.99. The minimum absolute atomic E-state index is 0.0454. The number of ketones is 1. The summed E-state index contributed by atoms with van der Waals surface area (Å²) in [5.41, 5.74) is -0.654. The highest BCUT2D eigenvalue weighted by molar-refractivity contribution is 5.97. The summed E-state index contributed by atoms with van der Waals surface area (Å²) in [6, 6.07) is 0. The van der Waals surface area contributed by atoms with E-state index in [2.05, 4.69) is 6.92 Å². The fourth-order valence-electron chi connectivity index (χ4n) is 7.54. The van der Waals surface area contributed by atoms with Crippen LogP contribution < -0.4 is 0 Å². The summed E-state index contributed by atoms with van der Waals surface area (Å²) < 4.78 is 23.9. The third-order valence-corrected chi connectivity index (χ3v) is 8.80. The maximum Gasteiger partial charge on any atom is 0.303 e. The Morgan fingerprint density at radius 1 is 1.00 bits per heavy atom. The quantitative estimate of drug-likeness (QED) is 0.451. The van der Waals surface area contributed by atoms with Crippen LogP contribution >= 0.6 is 0 Å². The van der Waals surface area contributed by atoms with E-state index in [0.29, 0.717) is 24.8 Å². The first-order chi connectivity index (χ1) is 15.7. The number of esters is 3. The number of carbonyl (C=O) groups excluding carboxylic acids is 4. The van der Waals surface area contributed by atoms with E-state index in [4.69, 9.17) is 18.9 Å². The molecular weight excluding hydrogens is 440 g/mol. The second kappa shape index (κ2) is 8.18. The lowest BCUT2D eigenvalue weighted by Gasteiger charge is -2.65. The van der Waals surface area contributed by atoms with Crippen molar-refractivity contribution in [2.45, 2.75) is 98.1 Å². The lowest BCUT2D eigenvalue weighted by molar-refractivity contribution is -0.327. The van der Waals surface area contributed by atoms with Gasteiger partial charge in [-0.2, -0.15) is 0 Å². The molecule has 188 valence electrons. The molecule has 0 aromatic carbocycles. The molecule has 4 rings (SSSR count). The predicted octanol–water partition coefficient (Wildman–Crippen LogP) is 3.30. The summed E-state index contributed by atoms with van der Waals surface area (Å²) in [4.78, 5) is 50.1. The molecule has 7 atom stereocenters. The second-order valence-electron chi connectivity index (χ2n) is 11.4. The third-order valence-electron chi connectivity index (χ3n) is 8.80. The average Bonchev–Trinajstić information content (AvgIpc) is 2.66. The van der Waals surface area contributed by atoms with Crippen molar-refractivity contribution in [2.24, 2.45) is 22.7 Å². The van der Waals surface area contributed by atoms with Crippen molar-refractivity contribution in [3.8, 4) is 0 Å². The molecule has 8 nitrogen and oxygen atoms in total. The van der Waals surface area contributed by atoms with E-state index in [1.165, 1.54) is 20.8 Å². The van der Waals surface area contributed by atoms with Crippen LogP contribution in [-0.2, 0) is 38.1 Å². The van der Waals surface area contributed by atoms with Crippen molar-refractivity contribution in [3.63, 3.8) is 0 Å². The summed E-state index contributed by atoms with van der Waals surface area (Å²) in [6.07, 6.45) is 0.436. The maximum atomic E-state index is 13.2. The van der Waals surface area contributed by atoms with Crippen molar-refractivity contribution in [1.82, 2.24) is 0 Å². The predicted molar refractivity (Wildman–Crippen MR) is 120 cm³/mol. The number of hydrogen-bond donors (Lipinski definition) is 0. The maximum absolute atomic E-state index is 13.2. The molecule has 0 N–H and O–H groups in total. The minimum Gasteiger partial charge on any atom is -0.462 e. The fraction of sp³-hybridized carbons (Fsp3) is 0.769. The van der Waals surface area contributed by atoms with Gasteiger partial charge in [-0.05, 0) is 48.2 Å². The van der Waals surface area contributed by atoms with E-state index in [9.17, 15) is 19.2 Å². The normalized spacial score (nSPS) is 40.6. The fourth-order valence-corrected chi connectivity index (χ4v) is 7.54. The molecule has 0 aromatic heterocycles. The van der Waals surface area contributed by atoms with Crippen molar-refractivity contribution < 1.29 is 38.1 Å². The summed E-state index contributed by atoms with van der Waals surface area (Å²) >= 11 is 0. The molecule has 3 fully saturated rings. The lowest BCUT2D eigenvalue weighted by Crippen LogP contribution is -2.75. The Bertz CT molecular complexity index is 964. The molecule has 1 aliphatic heterocycles. The zero-order valence-electron chi connectivity index (χ0n) is 21.2. The van der Waals surface area contributed by atoms with E-state index >= 15 is 0 Å². The third kappa shape index (κ3) is 3.69. The largest absolute Gasteiger partial charge is 0.462 e. The van der Waals surface area contributed by atoms with Gasteiger partial charge < -0.3 is 18.9 Å². The molecule has 4 aliphatic rings. The van der Waals surface area contributed by atoms with Gasteiger partial charge in [0.25, 0.3) is 0 Å². The smallest absolute Gasteiger partial charge is 0.303 e. The summed E-state index contributed by atoms with van der Waals surface area (Å²) in [6.45, 7) is 12.3. The van der Waals surface area contributed by atoms with Gasteiger partial charge in [-0.25, -0.2) is 0 Å². The number of Topliss-reactive ketones (excluding diaryl/α,β-unsaturated/α-hetero) is 1. The molecule has 0 amide bonds. The Labute approximate surface area is 200 Å². The van der Waals surface area contributed by atoms with Crippen LogP contribution in [0.1, 0.15) is 74.1 Å². The van der Waals surface area contributed by atoms with Crippen LogP contribution in [-0.4, -0.2) is 54.2 Å². The molecule has 3 aliphatic carbocycles. The van der Waals surface area contributed by atoms with Crippen molar-refractivity contribution in [3.05, 3.63) is 11.1 Å². The van der Waals surface area contributed by atoms with Gasteiger partial charge in [-0.1, -0.05) is 20.8 Å². The number of rotatable bonds is 3. The minimum atomic E-state index is -0.966. The molecule has 2 bridgehead atoms. The highest BCUT2D eigenvalue weighted by Crippen LogP contribution is 2.63. The first-order valence-corrected chi connectivity index (χ1v) is 12.1. The molecule has 1 saturated heterocycles. The van der Waals surface area contributed by atoms with Gasteiger partial charge in [-0.15, -0.1) is 0 Å². The highest BCUT2D eigenvalue weighted by Gasteiger charge is 2.70. The summed E-state index contributed by atoms with van der Waals surface area (Å²) in [7, 11) is 0. The van der Waals surface area contributed by atoms with Crippen LogP contribution in [0.15, 0.2) is 11.1 Å². The topological polar surface area (TPSA) is 105 Å². The highest BCUT2D eigenvalue weighted by atomic mass is 16.6. The molecule has 1 heterocycles. The van der Waals surface area contributed by atoms with Gasteiger partial charge in [0.15, 0.2) is 11.4 Å². The van der Waals surface area contributed by atoms with Crippen LogP contribution in [0.4, 0.5) is 0 Å². The molecule has 0 spiro atoms. The summed E-state index contributed by atoms with van der Waals surface area (Å²) in [5.74, 6) is -2.12. The molecule has 8 heteroatoms. The first kappa shape index (κ1) is 24.9. The number of fused-ring (bicyclic) bond motifs is 5. The van der Waals surface area contributed by atoms with Crippen molar-refractivity contribution >= 4 is 23.7 Å². The van der Waals surface area contributed by atoms with Gasteiger partial charge in [0, 0.05) is 39.0 Å². The monoisotopic (exact) mass is 476 g/mol. The SMILES string of the molecule is CC(=O)O[C@@H]1[C@@H]2CC(=O)C(C)=C([C@@H](OC(C)=O)C[C@]3(C)CC[C@H]4OC[C@@]4(OC(C)=O)[C@@H]13)C2(C)C. The Morgan fingerprint density at radius 2 is 1.65 bits per heavy atom. The van der Waals surface area contributed by atoms with Crippen LogP contribution in [0.2, 0.25) is 0 Å². The second-order valence-corrected chi connectivity index (χ2v) is 11.4. The van der Waals surface area contributed by atoms with Gasteiger partial charge in [0.2, 0.25) is 0 Å². The zero-order chi connectivity index (χ0) is 25.2. The standard InChI is InChI=1S/C26H36O8/c1-13-18(30)10-17-22(33-15(3)28)23-25(7,9-8-20-26(23,12-31-20)34-16(4)29)11-19(32-14(2)27)21(13)24(17,5)6/h17,19-20,22-23H,8-12H2,1-7H3/t17-,19-,20+,22+,23-,25-,26-/m0/s1. The van der Waals surface area contributed by atoms with E-state index in [1.807, 2.05) is 13.8 Å². The number of allylic oxidation sites excluding steroid dienone is 1. The molecule has 0 unspecified atom stereocenters. The molecule has 34 heavy (non-hydrogen) atoms. The van der Waals surface area contributed by atoms with E-state index in [0.717, 1.165) is 5.57 Å². The Morgan fingerprint density at radius 3 is 2.18 bits per heavy atom. The van der Waals surface area contributed by atoms with Gasteiger partial charge in [0.1, 0.15) is 18.3 Å². The molecular formula is C26H36O8. The van der Waals surface area contributed by atoms with Crippen LogP contribution in [0.3, 0.4) is 0 Å². The first-order valence-electron chi connectivity index (χ1n) is 12.1. The number of carbonyl (C=O) groups is 4. The Hall–Kier alpha value is -2.22. The Balaban J connectivity index is 1.97. The van der Waals surface area contributed by atoms with Gasteiger partial charge >= 0.3 is 17.9 Å². The zero-order valence-corrected chi connectivity index (χ0v) is 21.2.